The van der Waals surface area contributed by atoms with Gasteiger partial charge in [-0.25, -0.2) is 4.79 Å². The minimum absolute atomic E-state index is 0.0554. The summed E-state index contributed by atoms with van der Waals surface area (Å²) in [5, 5.41) is 3.08. The molecule has 6 nitrogen and oxygen atoms in total. The first-order valence-electron chi connectivity index (χ1n) is 9.73. The van der Waals surface area contributed by atoms with E-state index in [-0.39, 0.29) is 5.91 Å². The summed E-state index contributed by atoms with van der Waals surface area (Å²) in [5.41, 5.74) is 6.71. The Morgan fingerprint density at radius 3 is 2.65 bits per heavy atom. The number of nitrogens with zero attached hydrogens (tertiary/aromatic N) is 2. The lowest BCUT2D eigenvalue weighted by atomic mass is 10.0. The molecule has 0 radical (unpaired) electrons. The fourth-order valence-corrected chi connectivity index (χ4v) is 4.13. The van der Waals surface area contributed by atoms with Crippen LogP contribution in [0.1, 0.15) is 37.7 Å². The van der Waals surface area contributed by atoms with Gasteiger partial charge in [-0.05, 0) is 43.7 Å². The molecule has 0 saturated carbocycles. The summed E-state index contributed by atoms with van der Waals surface area (Å²) in [5.74, 6) is 0.397. The van der Waals surface area contributed by atoms with Crippen molar-refractivity contribution in [2.75, 3.05) is 26.2 Å². The van der Waals surface area contributed by atoms with Crippen LogP contribution in [0, 0.1) is 5.92 Å². The van der Waals surface area contributed by atoms with E-state index < -0.39 is 12.1 Å². The van der Waals surface area contributed by atoms with E-state index in [2.05, 4.69) is 34.5 Å². The zero-order valence-corrected chi connectivity index (χ0v) is 15.4. The standard InChI is InChI=1S/C20H30N4O2/c21-20(26)24-12-6-10-18(24)19(25)22-13-17-9-4-5-11-23(15-17)14-16-7-2-1-3-8-16/h1-3,7-8,17-18H,4-6,9-15H2,(H2,21,26)(H,22,25)/t17?,18-/m0/s1. The quantitative estimate of drug-likeness (QED) is 0.844. The number of urea groups is 1. The van der Waals surface area contributed by atoms with Gasteiger partial charge in [0.1, 0.15) is 6.04 Å². The summed E-state index contributed by atoms with van der Waals surface area (Å²) >= 11 is 0. The van der Waals surface area contributed by atoms with Crippen LogP contribution in [0.5, 0.6) is 0 Å². The number of rotatable bonds is 5. The molecule has 3 rings (SSSR count). The Labute approximate surface area is 155 Å². The first-order valence-corrected chi connectivity index (χ1v) is 9.73. The van der Waals surface area contributed by atoms with Gasteiger partial charge in [-0.1, -0.05) is 36.8 Å². The van der Waals surface area contributed by atoms with Crippen LogP contribution in [0.15, 0.2) is 30.3 Å². The molecule has 2 aliphatic rings. The second-order valence-electron chi connectivity index (χ2n) is 7.52. The maximum Gasteiger partial charge on any atom is 0.315 e. The highest BCUT2D eigenvalue weighted by molar-refractivity contribution is 5.87. The summed E-state index contributed by atoms with van der Waals surface area (Å²) in [7, 11) is 0. The number of hydrogen-bond acceptors (Lipinski definition) is 3. The van der Waals surface area contributed by atoms with Gasteiger partial charge in [0.2, 0.25) is 5.91 Å². The number of likely N-dealkylation sites (tertiary alicyclic amines) is 2. The van der Waals surface area contributed by atoms with Crippen molar-refractivity contribution in [2.45, 2.75) is 44.7 Å². The number of amides is 3. The van der Waals surface area contributed by atoms with Crippen LogP contribution < -0.4 is 11.1 Å². The molecule has 142 valence electrons. The molecule has 2 heterocycles. The SMILES string of the molecule is NC(=O)N1CCC[C@H]1C(=O)NCC1CCCCN(Cc2ccccc2)C1. The van der Waals surface area contributed by atoms with Crippen LogP contribution in [0.2, 0.25) is 0 Å². The van der Waals surface area contributed by atoms with Crippen molar-refractivity contribution < 1.29 is 9.59 Å². The molecule has 1 unspecified atom stereocenters. The minimum Gasteiger partial charge on any atom is -0.354 e. The Hall–Kier alpha value is -2.08. The van der Waals surface area contributed by atoms with Crippen molar-refractivity contribution in [2.24, 2.45) is 11.7 Å². The van der Waals surface area contributed by atoms with Crippen molar-refractivity contribution in [1.29, 1.82) is 0 Å². The molecule has 2 saturated heterocycles. The number of carbonyl (C=O) groups is 2. The number of hydrogen-bond donors (Lipinski definition) is 2. The summed E-state index contributed by atoms with van der Waals surface area (Å²) < 4.78 is 0. The average Bonchev–Trinajstić information content (AvgIpc) is 3.03. The highest BCUT2D eigenvalue weighted by Crippen LogP contribution is 2.19. The lowest BCUT2D eigenvalue weighted by Crippen LogP contribution is -2.49. The van der Waals surface area contributed by atoms with E-state index in [4.69, 9.17) is 5.73 Å². The Morgan fingerprint density at radius 2 is 1.88 bits per heavy atom. The van der Waals surface area contributed by atoms with E-state index in [0.717, 1.165) is 32.5 Å². The van der Waals surface area contributed by atoms with E-state index in [1.54, 1.807) is 0 Å². The van der Waals surface area contributed by atoms with Crippen molar-refractivity contribution in [3.05, 3.63) is 35.9 Å². The van der Waals surface area contributed by atoms with Crippen molar-refractivity contribution in [3.8, 4) is 0 Å². The number of benzene rings is 1. The fourth-order valence-electron chi connectivity index (χ4n) is 4.13. The van der Waals surface area contributed by atoms with Gasteiger partial charge in [0.15, 0.2) is 0 Å². The highest BCUT2D eigenvalue weighted by atomic mass is 16.2. The largest absolute Gasteiger partial charge is 0.354 e. The predicted octanol–water partition coefficient (Wildman–Crippen LogP) is 1.95. The molecule has 0 aromatic heterocycles. The lowest BCUT2D eigenvalue weighted by Gasteiger charge is -2.26. The molecule has 1 aromatic rings. The van der Waals surface area contributed by atoms with Crippen molar-refractivity contribution in [1.82, 2.24) is 15.1 Å². The third-order valence-corrected chi connectivity index (χ3v) is 5.51. The number of nitrogens with one attached hydrogen (secondary N) is 1. The third kappa shape index (κ3) is 4.97. The third-order valence-electron chi connectivity index (χ3n) is 5.51. The maximum absolute atomic E-state index is 12.5. The zero-order chi connectivity index (χ0) is 18.4. The second kappa shape index (κ2) is 9.03. The number of nitrogens with two attached hydrogens (primary N) is 1. The Balaban J connectivity index is 1.50. The highest BCUT2D eigenvalue weighted by Gasteiger charge is 2.33. The van der Waals surface area contributed by atoms with Crippen LogP contribution in [0.3, 0.4) is 0 Å². The van der Waals surface area contributed by atoms with Crippen LogP contribution in [0.25, 0.3) is 0 Å². The molecule has 3 amide bonds. The summed E-state index contributed by atoms with van der Waals surface area (Å²) in [6, 6.07) is 9.65. The van der Waals surface area contributed by atoms with Gasteiger partial charge in [-0.3, -0.25) is 9.69 Å². The first-order chi connectivity index (χ1) is 12.6. The van der Waals surface area contributed by atoms with Gasteiger partial charge in [0.05, 0.1) is 0 Å². The molecule has 0 bridgehead atoms. The van der Waals surface area contributed by atoms with Crippen LogP contribution >= 0.6 is 0 Å². The topological polar surface area (TPSA) is 78.7 Å². The average molecular weight is 358 g/mol. The monoisotopic (exact) mass is 358 g/mol. The van der Waals surface area contributed by atoms with Gasteiger partial charge < -0.3 is 16.0 Å². The summed E-state index contributed by atoms with van der Waals surface area (Å²) in [4.78, 5) is 27.9. The summed E-state index contributed by atoms with van der Waals surface area (Å²) in [6.07, 6.45) is 5.09. The predicted molar refractivity (Wildman–Crippen MR) is 101 cm³/mol. The van der Waals surface area contributed by atoms with Crippen molar-refractivity contribution >= 4 is 11.9 Å². The maximum atomic E-state index is 12.5. The van der Waals surface area contributed by atoms with Gasteiger partial charge in [0.25, 0.3) is 0 Å². The lowest BCUT2D eigenvalue weighted by molar-refractivity contribution is -0.124. The van der Waals surface area contributed by atoms with Crippen LogP contribution in [-0.2, 0) is 11.3 Å². The molecule has 6 heteroatoms. The molecule has 26 heavy (non-hydrogen) atoms. The Morgan fingerprint density at radius 1 is 1.08 bits per heavy atom. The first kappa shape index (κ1) is 18.7. The van der Waals surface area contributed by atoms with Crippen LogP contribution in [0.4, 0.5) is 4.79 Å². The van der Waals surface area contributed by atoms with Gasteiger partial charge in [0, 0.05) is 26.2 Å². The van der Waals surface area contributed by atoms with E-state index in [0.29, 0.717) is 25.4 Å². The second-order valence-corrected chi connectivity index (χ2v) is 7.52. The molecule has 0 aliphatic carbocycles. The summed E-state index contributed by atoms with van der Waals surface area (Å²) in [6.45, 7) is 4.33. The fraction of sp³-hybridized carbons (Fsp3) is 0.600. The molecule has 2 aliphatic heterocycles. The number of primary amides is 1. The van der Waals surface area contributed by atoms with E-state index >= 15 is 0 Å². The van der Waals surface area contributed by atoms with Crippen LogP contribution in [-0.4, -0.2) is 54.0 Å². The Bertz CT molecular complexity index is 607. The van der Waals surface area contributed by atoms with Crippen molar-refractivity contribution in [3.63, 3.8) is 0 Å². The molecule has 3 N–H and O–H groups in total. The number of carbonyl (C=O) groups excluding carboxylic acids is 2. The van der Waals surface area contributed by atoms with Gasteiger partial charge >= 0.3 is 6.03 Å². The smallest absolute Gasteiger partial charge is 0.315 e. The molecule has 2 fully saturated rings. The van der Waals surface area contributed by atoms with E-state index in [9.17, 15) is 9.59 Å². The van der Waals surface area contributed by atoms with Gasteiger partial charge in [-0.15, -0.1) is 0 Å². The molecular formula is C20H30N4O2. The Kier molecular flexibility index (Phi) is 6.50. The molecule has 1 aromatic carbocycles. The molecular weight excluding hydrogens is 328 g/mol. The molecule has 0 spiro atoms. The minimum atomic E-state index is -0.494. The normalized spacial score (nSPS) is 24.2. The van der Waals surface area contributed by atoms with Gasteiger partial charge in [-0.2, -0.15) is 0 Å². The van der Waals surface area contributed by atoms with E-state index in [1.165, 1.54) is 23.3 Å². The zero-order valence-electron chi connectivity index (χ0n) is 15.4. The van der Waals surface area contributed by atoms with E-state index in [1.807, 2.05) is 6.07 Å². The molecule has 2 atom stereocenters.